The van der Waals surface area contributed by atoms with E-state index in [0.29, 0.717) is 16.1 Å². The molecule has 158 valence electrons. The van der Waals surface area contributed by atoms with Crippen LogP contribution in [0.25, 0.3) is 0 Å². The summed E-state index contributed by atoms with van der Waals surface area (Å²) >= 11 is 5.89. The van der Waals surface area contributed by atoms with Crippen molar-refractivity contribution in [3.63, 3.8) is 0 Å². The molecule has 31 heavy (non-hydrogen) atoms. The van der Waals surface area contributed by atoms with Gasteiger partial charge in [-0.15, -0.1) is 0 Å². The molecule has 0 saturated carbocycles. The molecule has 0 saturated heterocycles. The summed E-state index contributed by atoms with van der Waals surface area (Å²) in [6.07, 6.45) is 0. The third kappa shape index (κ3) is 3.71. The Kier molecular flexibility index (Phi) is 5.33. The van der Waals surface area contributed by atoms with Crippen molar-refractivity contribution in [3.8, 4) is 0 Å². The number of Topliss-reactive ketones (excluding diaryl/α,β-unsaturated/α-hetero) is 1. The Morgan fingerprint density at radius 3 is 2.29 bits per heavy atom. The number of urea groups is 1. The lowest BCUT2D eigenvalue weighted by molar-refractivity contribution is 0.0999. The number of halogens is 1. The van der Waals surface area contributed by atoms with Crippen LogP contribution in [0.3, 0.4) is 0 Å². The van der Waals surface area contributed by atoms with Gasteiger partial charge in [-0.25, -0.2) is 13.2 Å². The Morgan fingerprint density at radius 2 is 1.61 bits per heavy atom. The van der Waals surface area contributed by atoms with Crippen LogP contribution in [0.1, 0.15) is 21.5 Å². The van der Waals surface area contributed by atoms with Crippen LogP contribution in [0.5, 0.6) is 0 Å². The van der Waals surface area contributed by atoms with E-state index in [9.17, 15) is 18.0 Å². The number of carbonyl (C=O) groups is 2. The summed E-state index contributed by atoms with van der Waals surface area (Å²) in [6.45, 7) is 3.32. The van der Waals surface area contributed by atoms with Crippen molar-refractivity contribution in [2.75, 3.05) is 15.7 Å². The van der Waals surface area contributed by atoms with E-state index in [0.717, 1.165) is 9.87 Å². The second-order valence-corrected chi connectivity index (χ2v) is 9.52. The zero-order chi connectivity index (χ0) is 22.3. The largest absolute Gasteiger partial charge is 0.343 e. The van der Waals surface area contributed by atoms with Gasteiger partial charge in [0.05, 0.1) is 17.9 Å². The summed E-state index contributed by atoms with van der Waals surface area (Å²) in [5.74, 6) is -0.334. The first-order valence-electron chi connectivity index (χ1n) is 9.52. The number of sulfonamides is 1. The van der Waals surface area contributed by atoms with Gasteiger partial charge in [-0.2, -0.15) is 4.31 Å². The molecular formula is C23H19ClN2O4S. The Morgan fingerprint density at radius 1 is 0.935 bits per heavy atom. The number of hydrogen-bond donors (Lipinski definition) is 0. The Hall–Kier alpha value is -3.16. The second-order valence-electron chi connectivity index (χ2n) is 7.33. The summed E-state index contributed by atoms with van der Waals surface area (Å²) in [4.78, 5) is 27.5. The molecular weight excluding hydrogens is 436 g/mol. The predicted molar refractivity (Wildman–Crippen MR) is 121 cm³/mol. The third-order valence-electron chi connectivity index (χ3n) is 5.12. The predicted octanol–water partition coefficient (Wildman–Crippen LogP) is 4.98. The number of rotatable bonds is 4. The molecule has 1 aliphatic heterocycles. The highest BCUT2D eigenvalue weighted by Crippen LogP contribution is 2.38. The molecule has 3 aromatic rings. The van der Waals surface area contributed by atoms with Crippen LogP contribution in [0, 0.1) is 13.8 Å². The number of fused-ring (bicyclic) bond motifs is 1. The van der Waals surface area contributed by atoms with Crippen molar-refractivity contribution in [1.82, 2.24) is 0 Å². The molecule has 3 aromatic carbocycles. The zero-order valence-electron chi connectivity index (χ0n) is 16.9. The maximum atomic E-state index is 13.5. The molecule has 0 aliphatic carbocycles. The van der Waals surface area contributed by atoms with Crippen molar-refractivity contribution in [3.05, 3.63) is 88.4 Å². The van der Waals surface area contributed by atoms with Crippen LogP contribution in [0.15, 0.2) is 71.6 Å². The third-order valence-corrected chi connectivity index (χ3v) is 7.10. The minimum atomic E-state index is -4.15. The number of hydrogen-bond acceptors (Lipinski definition) is 4. The highest BCUT2D eigenvalue weighted by atomic mass is 35.5. The number of nitrogens with zero attached hydrogens (tertiary/aromatic N) is 2. The summed E-state index contributed by atoms with van der Waals surface area (Å²) in [6, 6.07) is 16.9. The van der Waals surface area contributed by atoms with Crippen LogP contribution in [0.4, 0.5) is 16.2 Å². The first-order valence-corrected chi connectivity index (χ1v) is 11.3. The van der Waals surface area contributed by atoms with Gasteiger partial charge in [-0.3, -0.25) is 9.69 Å². The molecule has 0 fully saturated rings. The highest BCUT2D eigenvalue weighted by Gasteiger charge is 2.43. The fourth-order valence-corrected chi connectivity index (χ4v) is 5.39. The quantitative estimate of drug-likeness (QED) is 0.521. The van der Waals surface area contributed by atoms with Crippen LogP contribution in [-0.2, 0) is 10.0 Å². The van der Waals surface area contributed by atoms with Gasteiger partial charge >= 0.3 is 6.03 Å². The molecule has 1 aliphatic rings. The lowest BCUT2D eigenvalue weighted by Crippen LogP contribution is -2.52. The summed E-state index contributed by atoms with van der Waals surface area (Å²) in [7, 11) is -4.15. The van der Waals surface area contributed by atoms with E-state index in [-0.39, 0.29) is 28.6 Å². The van der Waals surface area contributed by atoms with E-state index in [1.165, 1.54) is 17.0 Å². The van der Waals surface area contributed by atoms with Crippen LogP contribution >= 0.6 is 11.6 Å². The molecule has 0 N–H and O–H groups in total. The van der Waals surface area contributed by atoms with Gasteiger partial charge in [0.25, 0.3) is 10.0 Å². The fraction of sp³-hybridized carbons (Fsp3) is 0.130. The Balaban J connectivity index is 1.82. The normalized spacial score (nSPS) is 15.0. The molecule has 1 heterocycles. The maximum Gasteiger partial charge on any atom is 0.343 e. The zero-order valence-corrected chi connectivity index (χ0v) is 18.4. The van der Waals surface area contributed by atoms with E-state index in [2.05, 4.69) is 0 Å². The Labute approximate surface area is 185 Å². The molecule has 2 amide bonds. The molecule has 0 atom stereocenters. The van der Waals surface area contributed by atoms with E-state index in [1.54, 1.807) is 55.5 Å². The van der Waals surface area contributed by atoms with Crippen molar-refractivity contribution in [2.45, 2.75) is 18.7 Å². The fourth-order valence-electron chi connectivity index (χ4n) is 3.60. The van der Waals surface area contributed by atoms with Gasteiger partial charge < -0.3 is 0 Å². The van der Waals surface area contributed by atoms with E-state index >= 15 is 0 Å². The second kappa shape index (κ2) is 7.83. The number of benzene rings is 3. The minimum absolute atomic E-state index is 0.0292. The SMILES string of the molecule is Cc1ccc(N2C(=O)N(CC(=O)c3ccc(Cl)cc3)c3ccccc3S2(=O)=O)c(C)c1. The monoisotopic (exact) mass is 454 g/mol. The molecule has 0 aromatic heterocycles. The standard InChI is InChI=1S/C23H19ClN2O4S/c1-15-7-12-19(16(2)13-15)26-23(28)25(14-21(27)17-8-10-18(24)11-9-17)20-5-3-4-6-22(20)31(26,29)30/h3-13H,14H2,1-2H3. The molecule has 4 rings (SSSR count). The molecule has 0 unspecified atom stereocenters. The van der Waals surface area contributed by atoms with Gasteiger partial charge in [0.2, 0.25) is 0 Å². The molecule has 0 spiro atoms. The first kappa shape index (κ1) is 21.1. The first-order chi connectivity index (χ1) is 14.7. The van der Waals surface area contributed by atoms with Crippen LogP contribution in [0.2, 0.25) is 5.02 Å². The summed E-state index contributed by atoms with van der Waals surface area (Å²) in [5.41, 5.74) is 2.39. The van der Waals surface area contributed by atoms with Gasteiger partial charge in [0.1, 0.15) is 4.90 Å². The van der Waals surface area contributed by atoms with E-state index in [1.807, 2.05) is 13.0 Å². The lowest BCUT2D eigenvalue weighted by atomic mass is 10.1. The number of ketones is 1. The van der Waals surface area contributed by atoms with E-state index in [4.69, 9.17) is 11.6 Å². The number of aryl methyl sites for hydroxylation is 2. The van der Waals surface area contributed by atoms with Gasteiger partial charge in [-0.1, -0.05) is 41.4 Å². The topological polar surface area (TPSA) is 74.8 Å². The number of para-hydroxylation sites is 1. The summed E-state index contributed by atoms with van der Waals surface area (Å²) < 4.78 is 27.5. The van der Waals surface area contributed by atoms with Gasteiger partial charge in [0.15, 0.2) is 5.78 Å². The average molecular weight is 455 g/mol. The number of anilines is 2. The lowest BCUT2D eigenvalue weighted by Gasteiger charge is -2.36. The molecule has 8 heteroatoms. The number of carbonyl (C=O) groups excluding carboxylic acids is 2. The van der Waals surface area contributed by atoms with Crippen molar-refractivity contribution >= 4 is 44.8 Å². The van der Waals surface area contributed by atoms with Crippen molar-refractivity contribution < 1.29 is 18.0 Å². The average Bonchev–Trinajstić information content (AvgIpc) is 2.73. The maximum absolute atomic E-state index is 13.5. The summed E-state index contributed by atoms with van der Waals surface area (Å²) in [5, 5.41) is 0.489. The number of amides is 2. The van der Waals surface area contributed by atoms with Gasteiger partial charge in [0, 0.05) is 10.6 Å². The Bertz CT molecular complexity index is 1300. The van der Waals surface area contributed by atoms with Crippen molar-refractivity contribution in [1.29, 1.82) is 0 Å². The smallest absolute Gasteiger partial charge is 0.292 e. The van der Waals surface area contributed by atoms with Crippen LogP contribution < -0.4 is 9.21 Å². The van der Waals surface area contributed by atoms with Crippen LogP contribution in [-0.4, -0.2) is 26.8 Å². The minimum Gasteiger partial charge on any atom is -0.292 e. The molecule has 6 nitrogen and oxygen atoms in total. The van der Waals surface area contributed by atoms with Crippen molar-refractivity contribution in [2.24, 2.45) is 0 Å². The molecule has 0 radical (unpaired) electrons. The van der Waals surface area contributed by atoms with Gasteiger partial charge in [-0.05, 0) is 61.9 Å². The van der Waals surface area contributed by atoms with E-state index < -0.39 is 16.1 Å². The molecule has 0 bridgehead atoms. The highest BCUT2D eigenvalue weighted by molar-refractivity contribution is 7.94.